The quantitative estimate of drug-likeness (QED) is 0.455. The van der Waals surface area contributed by atoms with E-state index in [4.69, 9.17) is 27.9 Å². The molecule has 2 heterocycles. The summed E-state index contributed by atoms with van der Waals surface area (Å²) in [5.74, 6) is 0.324. The Morgan fingerprint density at radius 2 is 1.84 bits per heavy atom. The molecule has 25 heavy (non-hydrogen) atoms. The fourth-order valence-corrected chi connectivity index (χ4v) is 3.32. The Morgan fingerprint density at radius 3 is 2.60 bits per heavy atom. The minimum absolute atomic E-state index is 0.0585. The van der Waals surface area contributed by atoms with Crippen molar-refractivity contribution in [1.29, 1.82) is 0 Å². The molecule has 2 aromatic carbocycles. The van der Waals surface area contributed by atoms with E-state index in [-0.39, 0.29) is 16.5 Å². The summed E-state index contributed by atoms with van der Waals surface area (Å²) in [5.41, 5.74) is 2.45. The number of pyridine rings is 1. The van der Waals surface area contributed by atoms with E-state index >= 15 is 0 Å². The highest BCUT2D eigenvalue weighted by Gasteiger charge is 2.14. The number of aromatic amines is 1. The van der Waals surface area contributed by atoms with Crippen LogP contribution in [0.4, 0.5) is 0 Å². The van der Waals surface area contributed by atoms with Crippen molar-refractivity contribution in [3.63, 3.8) is 0 Å². The molecule has 0 saturated carbocycles. The van der Waals surface area contributed by atoms with Crippen molar-refractivity contribution in [3.05, 3.63) is 46.4 Å². The van der Waals surface area contributed by atoms with E-state index in [0.29, 0.717) is 27.4 Å². The van der Waals surface area contributed by atoms with Crippen LogP contribution in [0.1, 0.15) is 0 Å². The number of phenols is 2. The van der Waals surface area contributed by atoms with Gasteiger partial charge in [-0.05, 0) is 30.3 Å². The summed E-state index contributed by atoms with van der Waals surface area (Å²) in [6.45, 7) is 0. The molecule has 0 amide bonds. The molecule has 0 aliphatic heterocycles. The minimum atomic E-state index is -0.113. The first-order valence-electron chi connectivity index (χ1n) is 7.35. The molecule has 0 spiro atoms. The number of hydrogen-bond donors (Lipinski definition) is 3. The molecule has 2 aromatic heterocycles. The van der Waals surface area contributed by atoms with E-state index in [0.717, 1.165) is 16.6 Å². The summed E-state index contributed by atoms with van der Waals surface area (Å²) in [4.78, 5) is 7.71. The molecule has 0 aliphatic carbocycles. The number of ether oxygens (including phenoxy) is 1. The first-order chi connectivity index (χ1) is 12.0. The molecule has 0 radical (unpaired) electrons. The van der Waals surface area contributed by atoms with E-state index in [1.165, 1.54) is 13.2 Å². The molecule has 4 aromatic rings. The Hall–Kier alpha value is -2.63. The Bertz CT molecular complexity index is 1140. The maximum atomic E-state index is 10.2. The summed E-state index contributed by atoms with van der Waals surface area (Å²) in [7, 11) is 1.49. The number of nitrogens with one attached hydrogen (secondary N) is 1. The first kappa shape index (κ1) is 15.9. The fraction of sp³-hybridized carbons (Fsp3) is 0.0556. The average molecular weight is 375 g/mol. The highest BCUT2D eigenvalue weighted by molar-refractivity contribution is 6.39. The topological polar surface area (TPSA) is 78.4 Å². The molecule has 0 aliphatic rings. The van der Waals surface area contributed by atoms with Crippen LogP contribution in [0, 0.1) is 0 Å². The second-order valence-corrected chi connectivity index (χ2v) is 6.39. The van der Waals surface area contributed by atoms with E-state index in [1.54, 1.807) is 24.3 Å². The van der Waals surface area contributed by atoms with Crippen LogP contribution in [0.2, 0.25) is 10.0 Å². The molecule has 3 N–H and O–H groups in total. The van der Waals surface area contributed by atoms with Crippen molar-refractivity contribution in [2.45, 2.75) is 0 Å². The number of hydrogen-bond acceptors (Lipinski definition) is 4. The molecule has 126 valence electrons. The Balaban J connectivity index is 1.92. The number of aromatic nitrogens is 2. The lowest BCUT2D eigenvalue weighted by molar-refractivity contribution is 0.374. The highest BCUT2D eigenvalue weighted by Crippen LogP contribution is 2.38. The van der Waals surface area contributed by atoms with E-state index in [9.17, 15) is 10.2 Å². The number of benzene rings is 2. The van der Waals surface area contributed by atoms with Gasteiger partial charge in [-0.15, -0.1) is 0 Å². The van der Waals surface area contributed by atoms with Gasteiger partial charge in [-0.1, -0.05) is 23.2 Å². The van der Waals surface area contributed by atoms with Crippen LogP contribution in [0.25, 0.3) is 33.2 Å². The van der Waals surface area contributed by atoms with Gasteiger partial charge in [0.15, 0.2) is 17.2 Å². The largest absolute Gasteiger partial charge is 0.504 e. The number of nitrogens with zero attached hydrogens (tertiary/aromatic N) is 1. The standard InChI is InChI=1S/C18H12Cl2N2O3/c1-25-16-7-13-8(5-15(16)23)4-14(21-13)12-3-2-9-10(19)6-11(20)18(24)17(9)22-12/h2-7,21,23-24H,1H3. The summed E-state index contributed by atoms with van der Waals surface area (Å²) in [6.07, 6.45) is 0. The molecule has 0 saturated heterocycles. The lowest BCUT2D eigenvalue weighted by atomic mass is 10.1. The zero-order valence-electron chi connectivity index (χ0n) is 13.0. The molecule has 4 rings (SSSR count). The number of phenolic OH excluding ortho intramolecular Hbond substituents is 2. The zero-order chi connectivity index (χ0) is 17.7. The number of halogens is 2. The van der Waals surface area contributed by atoms with Gasteiger partial charge in [0.1, 0.15) is 5.52 Å². The van der Waals surface area contributed by atoms with Gasteiger partial charge in [0.25, 0.3) is 0 Å². The molecule has 0 unspecified atom stereocenters. The smallest absolute Gasteiger partial charge is 0.162 e. The van der Waals surface area contributed by atoms with Gasteiger partial charge in [0.2, 0.25) is 0 Å². The van der Waals surface area contributed by atoms with Crippen LogP contribution in [0.15, 0.2) is 36.4 Å². The second kappa shape index (κ2) is 5.72. The molecule has 5 nitrogen and oxygen atoms in total. The third-order valence-electron chi connectivity index (χ3n) is 4.05. The molecule has 0 atom stereocenters. The van der Waals surface area contributed by atoms with E-state index in [2.05, 4.69) is 9.97 Å². The second-order valence-electron chi connectivity index (χ2n) is 5.58. The van der Waals surface area contributed by atoms with E-state index in [1.807, 2.05) is 6.07 Å². The molecule has 7 heteroatoms. The number of rotatable bonds is 2. The van der Waals surface area contributed by atoms with Crippen LogP contribution < -0.4 is 4.74 Å². The van der Waals surface area contributed by atoms with Gasteiger partial charge in [0.05, 0.1) is 28.5 Å². The average Bonchev–Trinajstić information content (AvgIpc) is 3.01. The SMILES string of the molecule is COc1cc2[nH]c(-c3ccc4c(Cl)cc(Cl)c(O)c4n3)cc2cc1O. The highest BCUT2D eigenvalue weighted by atomic mass is 35.5. The maximum absolute atomic E-state index is 10.2. The lowest BCUT2D eigenvalue weighted by Gasteiger charge is -2.06. The van der Waals surface area contributed by atoms with Gasteiger partial charge in [0, 0.05) is 22.4 Å². The zero-order valence-corrected chi connectivity index (χ0v) is 14.5. The number of aromatic hydroxyl groups is 2. The summed E-state index contributed by atoms with van der Waals surface area (Å²) in [5, 5.41) is 22.1. The van der Waals surface area contributed by atoms with Gasteiger partial charge in [-0.3, -0.25) is 0 Å². The van der Waals surface area contributed by atoms with Crippen molar-refractivity contribution in [1.82, 2.24) is 9.97 Å². The van der Waals surface area contributed by atoms with Gasteiger partial charge < -0.3 is 19.9 Å². The third kappa shape index (κ3) is 2.52. The van der Waals surface area contributed by atoms with Crippen LogP contribution in [-0.2, 0) is 0 Å². The van der Waals surface area contributed by atoms with E-state index < -0.39 is 0 Å². The van der Waals surface area contributed by atoms with Crippen molar-refractivity contribution in [2.24, 2.45) is 0 Å². The van der Waals surface area contributed by atoms with Crippen LogP contribution in [0.5, 0.6) is 17.2 Å². The Labute approximate surface area is 152 Å². The lowest BCUT2D eigenvalue weighted by Crippen LogP contribution is -1.87. The van der Waals surface area contributed by atoms with Crippen molar-refractivity contribution in [2.75, 3.05) is 7.11 Å². The Kier molecular flexibility index (Phi) is 3.63. The maximum Gasteiger partial charge on any atom is 0.162 e. The van der Waals surface area contributed by atoms with Gasteiger partial charge in [-0.2, -0.15) is 0 Å². The van der Waals surface area contributed by atoms with Crippen LogP contribution in [0.3, 0.4) is 0 Å². The number of fused-ring (bicyclic) bond motifs is 2. The molecule has 0 fully saturated rings. The van der Waals surface area contributed by atoms with Gasteiger partial charge in [-0.25, -0.2) is 4.98 Å². The fourth-order valence-electron chi connectivity index (χ4n) is 2.80. The third-order valence-corrected chi connectivity index (χ3v) is 4.65. The predicted octanol–water partition coefficient (Wildman–Crippen LogP) is 5.11. The van der Waals surface area contributed by atoms with Crippen molar-refractivity contribution in [3.8, 4) is 28.6 Å². The normalized spacial score (nSPS) is 11.3. The summed E-state index contributed by atoms with van der Waals surface area (Å²) < 4.78 is 5.12. The molecular weight excluding hydrogens is 363 g/mol. The Morgan fingerprint density at radius 1 is 1.04 bits per heavy atom. The minimum Gasteiger partial charge on any atom is -0.504 e. The van der Waals surface area contributed by atoms with Crippen molar-refractivity contribution < 1.29 is 14.9 Å². The number of H-pyrrole nitrogens is 1. The molecule has 0 bridgehead atoms. The first-order valence-corrected chi connectivity index (χ1v) is 8.11. The van der Waals surface area contributed by atoms with Crippen LogP contribution >= 0.6 is 23.2 Å². The van der Waals surface area contributed by atoms with Crippen molar-refractivity contribution >= 4 is 45.0 Å². The summed E-state index contributed by atoms with van der Waals surface area (Å²) >= 11 is 12.1. The monoisotopic (exact) mass is 374 g/mol. The molecular formula is C18H12Cl2N2O3. The van der Waals surface area contributed by atoms with Gasteiger partial charge >= 0.3 is 0 Å². The predicted molar refractivity (Wildman–Crippen MR) is 98.9 cm³/mol. The number of methoxy groups -OCH3 is 1. The summed E-state index contributed by atoms with van der Waals surface area (Å²) in [6, 6.07) is 10.2. The van der Waals surface area contributed by atoms with Crippen LogP contribution in [-0.4, -0.2) is 27.3 Å².